The van der Waals surface area contributed by atoms with Crippen LogP contribution in [-0.4, -0.2) is 4.98 Å². The zero-order valence-corrected chi connectivity index (χ0v) is 9.82. The Morgan fingerprint density at radius 3 is 2.11 bits per heavy atom. The van der Waals surface area contributed by atoms with Gasteiger partial charge in [0.15, 0.2) is 0 Å². The van der Waals surface area contributed by atoms with Crippen LogP contribution in [0.3, 0.4) is 0 Å². The van der Waals surface area contributed by atoms with Crippen LogP contribution in [0.2, 0.25) is 0 Å². The molecular formula is C14H10F3NO. The Balaban J connectivity index is 2.12. The first-order chi connectivity index (χ1) is 8.99. The molecule has 0 spiro atoms. The highest BCUT2D eigenvalue weighted by Crippen LogP contribution is 2.29. The van der Waals surface area contributed by atoms with E-state index in [9.17, 15) is 13.2 Å². The molecule has 1 aromatic carbocycles. The van der Waals surface area contributed by atoms with Crippen molar-refractivity contribution in [1.29, 1.82) is 0 Å². The summed E-state index contributed by atoms with van der Waals surface area (Å²) in [6, 6.07) is 9.10. The standard InChI is InChI=1S/C14H10F3NO/c1-2-10-3-5-11(6-4-10)19-12-7-8-13(18-9-12)14(15,16)17/h2-9H,1H2. The topological polar surface area (TPSA) is 22.1 Å². The number of hydrogen-bond donors (Lipinski definition) is 0. The van der Waals surface area contributed by atoms with E-state index in [4.69, 9.17) is 4.74 Å². The normalized spacial score (nSPS) is 11.1. The Kier molecular flexibility index (Phi) is 3.55. The zero-order chi connectivity index (χ0) is 13.9. The van der Waals surface area contributed by atoms with Gasteiger partial charge in [0.05, 0.1) is 6.20 Å². The van der Waals surface area contributed by atoms with Crippen molar-refractivity contribution in [1.82, 2.24) is 4.98 Å². The van der Waals surface area contributed by atoms with Gasteiger partial charge in [-0.3, -0.25) is 0 Å². The van der Waals surface area contributed by atoms with E-state index in [2.05, 4.69) is 11.6 Å². The maximum absolute atomic E-state index is 12.3. The van der Waals surface area contributed by atoms with Gasteiger partial charge in [-0.25, -0.2) is 4.98 Å². The first-order valence-corrected chi connectivity index (χ1v) is 5.42. The fourth-order valence-electron chi connectivity index (χ4n) is 1.42. The number of halogens is 3. The first-order valence-electron chi connectivity index (χ1n) is 5.42. The van der Waals surface area contributed by atoms with Crippen LogP contribution in [-0.2, 0) is 6.18 Å². The Bertz CT molecular complexity index is 559. The number of benzene rings is 1. The van der Waals surface area contributed by atoms with E-state index in [-0.39, 0.29) is 5.75 Å². The molecule has 0 bridgehead atoms. The summed E-state index contributed by atoms with van der Waals surface area (Å²) >= 11 is 0. The number of pyridine rings is 1. The maximum atomic E-state index is 12.3. The lowest BCUT2D eigenvalue weighted by atomic mass is 10.2. The van der Waals surface area contributed by atoms with Crippen LogP contribution < -0.4 is 4.74 Å². The fourth-order valence-corrected chi connectivity index (χ4v) is 1.42. The van der Waals surface area contributed by atoms with Gasteiger partial charge in [-0.15, -0.1) is 0 Å². The van der Waals surface area contributed by atoms with Crippen LogP contribution in [0.25, 0.3) is 6.08 Å². The van der Waals surface area contributed by atoms with Crippen LogP contribution in [0, 0.1) is 0 Å². The van der Waals surface area contributed by atoms with Gasteiger partial charge in [-0.2, -0.15) is 13.2 Å². The largest absolute Gasteiger partial charge is 0.456 e. The van der Waals surface area contributed by atoms with Gasteiger partial charge in [0.2, 0.25) is 0 Å². The van der Waals surface area contributed by atoms with Crippen molar-refractivity contribution in [2.24, 2.45) is 0 Å². The highest BCUT2D eigenvalue weighted by atomic mass is 19.4. The van der Waals surface area contributed by atoms with E-state index in [1.807, 2.05) is 0 Å². The molecule has 19 heavy (non-hydrogen) atoms. The second-order valence-corrected chi connectivity index (χ2v) is 3.75. The third-order valence-electron chi connectivity index (χ3n) is 2.38. The van der Waals surface area contributed by atoms with Gasteiger partial charge in [0.25, 0.3) is 0 Å². The highest BCUT2D eigenvalue weighted by molar-refractivity contribution is 5.48. The molecule has 0 unspecified atom stereocenters. The minimum Gasteiger partial charge on any atom is -0.456 e. The lowest BCUT2D eigenvalue weighted by Gasteiger charge is -2.08. The van der Waals surface area contributed by atoms with Gasteiger partial charge in [0, 0.05) is 0 Å². The van der Waals surface area contributed by atoms with E-state index in [0.29, 0.717) is 5.75 Å². The molecule has 2 nitrogen and oxygen atoms in total. The molecule has 0 saturated carbocycles. The summed E-state index contributed by atoms with van der Waals surface area (Å²) in [6.45, 7) is 3.62. The van der Waals surface area contributed by atoms with E-state index < -0.39 is 11.9 Å². The van der Waals surface area contributed by atoms with Crippen LogP contribution >= 0.6 is 0 Å². The molecule has 0 aliphatic heterocycles. The van der Waals surface area contributed by atoms with Crippen molar-refractivity contribution in [3.05, 3.63) is 60.4 Å². The third kappa shape index (κ3) is 3.34. The molecule has 5 heteroatoms. The number of aromatic nitrogens is 1. The molecule has 0 fully saturated rings. The quantitative estimate of drug-likeness (QED) is 0.813. The molecule has 2 aromatic rings. The average Bonchev–Trinajstić information content (AvgIpc) is 2.39. The third-order valence-corrected chi connectivity index (χ3v) is 2.38. The maximum Gasteiger partial charge on any atom is 0.433 e. The fraction of sp³-hybridized carbons (Fsp3) is 0.0714. The summed E-state index contributed by atoms with van der Waals surface area (Å²) in [7, 11) is 0. The summed E-state index contributed by atoms with van der Waals surface area (Å²) in [5, 5.41) is 0. The summed E-state index contributed by atoms with van der Waals surface area (Å²) in [5.41, 5.74) is -0.0141. The molecule has 0 aliphatic rings. The Labute approximate surface area is 108 Å². The monoisotopic (exact) mass is 265 g/mol. The van der Waals surface area contributed by atoms with Crippen molar-refractivity contribution < 1.29 is 17.9 Å². The van der Waals surface area contributed by atoms with Gasteiger partial charge in [0.1, 0.15) is 17.2 Å². The summed E-state index contributed by atoms with van der Waals surface area (Å²) in [5.74, 6) is 0.770. The minimum atomic E-state index is -4.44. The molecule has 2 rings (SSSR count). The average molecular weight is 265 g/mol. The number of hydrogen-bond acceptors (Lipinski definition) is 2. The molecule has 0 aliphatic carbocycles. The van der Waals surface area contributed by atoms with Crippen molar-refractivity contribution in [2.45, 2.75) is 6.18 Å². The smallest absolute Gasteiger partial charge is 0.433 e. The van der Waals surface area contributed by atoms with E-state index in [1.165, 1.54) is 6.07 Å². The second-order valence-electron chi connectivity index (χ2n) is 3.75. The van der Waals surface area contributed by atoms with Crippen molar-refractivity contribution in [3.8, 4) is 11.5 Å². The predicted octanol–water partition coefficient (Wildman–Crippen LogP) is 4.54. The minimum absolute atomic E-state index is 0.249. The number of alkyl halides is 3. The second kappa shape index (κ2) is 5.14. The van der Waals surface area contributed by atoms with Crippen LogP contribution in [0.1, 0.15) is 11.3 Å². The van der Waals surface area contributed by atoms with Gasteiger partial charge >= 0.3 is 6.18 Å². The van der Waals surface area contributed by atoms with Crippen molar-refractivity contribution in [3.63, 3.8) is 0 Å². The van der Waals surface area contributed by atoms with Crippen molar-refractivity contribution >= 4 is 6.08 Å². The molecule has 1 aromatic heterocycles. The number of ether oxygens (including phenoxy) is 1. The van der Waals surface area contributed by atoms with Crippen LogP contribution in [0.15, 0.2) is 49.2 Å². The lowest BCUT2D eigenvalue weighted by molar-refractivity contribution is -0.141. The molecule has 0 amide bonds. The molecular weight excluding hydrogens is 255 g/mol. The first kappa shape index (κ1) is 13.1. The summed E-state index contributed by atoms with van der Waals surface area (Å²) in [4.78, 5) is 3.31. The molecule has 0 saturated heterocycles. The lowest BCUT2D eigenvalue weighted by Crippen LogP contribution is -2.07. The van der Waals surface area contributed by atoms with E-state index >= 15 is 0 Å². The Morgan fingerprint density at radius 2 is 1.63 bits per heavy atom. The molecule has 1 heterocycles. The Morgan fingerprint density at radius 1 is 1.00 bits per heavy atom. The molecule has 98 valence electrons. The number of rotatable bonds is 3. The SMILES string of the molecule is C=Cc1ccc(Oc2ccc(C(F)(F)F)nc2)cc1. The van der Waals surface area contributed by atoms with Crippen molar-refractivity contribution in [2.75, 3.05) is 0 Å². The zero-order valence-electron chi connectivity index (χ0n) is 9.82. The van der Waals surface area contributed by atoms with Gasteiger partial charge in [-0.05, 0) is 29.8 Å². The Hall–Kier alpha value is -2.30. The van der Waals surface area contributed by atoms with Gasteiger partial charge in [-0.1, -0.05) is 24.8 Å². The molecule has 0 atom stereocenters. The molecule has 0 N–H and O–H groups in total. The van der Waals surface area contributed by atoms with Crippen LogP contribution in [0.5, 0.6) is 11.5 Å². The van der Waals surface area contributed by atoms with E-state index in [0.717, 1.165) is 17.8 Å². The summed E-state index contributed by atoms with van der Waals surface area (Å²) in [6.07, 6.45) is -1.71. The summed E-state index contributed by atoms with van der Waals surface area (Å²) < 4.78 is 42.3. The number of nitrogens with zero attached hydrogens (tertiary/aromatic N) is 1. The predicted molar refractivity (Wildman–Crippen MR) is 65.8 cm³/mol. The van der Waals surface area contributed by atoms with Crippen LogP contribution in [0.4, 0.5) is 13.2 Å². The van der Waals surface area contributed by atoms with E-state index in [1.54, 1.807) is 30.3 Å². The molecule has 0 radical (unpaired) electrons. The van der Waals surface area contributed by atoms with Gasteiger partial charge < -0.3 is 4.74 Å². The highest BCUT2D eigenvalue weighted by Gasteiger charge is 2.32.